The van der Waals surface area contributed by atoms with Crippen molar-refractivity contribution >= 4 is 19.4 Å². The SMILES string of the molecule is COc1ccccc1[C@@H]1N(Cc2ccccc2)C[C@@H]2C[C@@]21[Se]c1ccccc1. The quantitative estimate of drug-likeness (QED) is 0.532. The summed E-state index contributed by atoms with van der Waals surface area (Å²) < 4.78 is 7.70. The summed E-state index contributed by atoms with van der Waals surface area (Å²) >= 11 is 0.454. The van der Waals surface area contributed by atoms with Crippen LogP contribution in [0.1, 0.15) is 23.6 Å². The third-order valence-corrected chi connectivity index (χ3v) is 9.47. The van der Waals surface area contributed by atoms with Crippen LogP contribution in [-0.4, -0.2) is 33.5 Å². The van der Waals surface area contributed by atoms with Gasteiger partial charge in [-0.3, -0.25) is 0 Å². The molecule has 1 aliphatic carbocycles. The molecular weight excluding hydrogens is 409 g/mol. The molecule has 3 aromatic rings. The van der Waals surface area contributed by atoms with Crippen LogP contribution in [0.4, 0.5) is 0 Å². The van der Waals surface area contributed by atoms with Crippen molar-refractivity contribution in [1.29, 1.82) is 0 Å². The number of methoxy groups -OCH3 is 1. The molecule has 2 nitrogen and oxygen atoms in total. The first-order chi connectivity index (χ1) is 13.8. The second-order valence-corrected chi connectivity index (χ2v) is 10.8. The van der Waals surface area contributed by atoms with E-state index in [0.717, 1.165) is 18.2 Å². The van der Waals surface area contributed by atoms with Crippen molar-refractivity contribution in [2.75, 3.05) is 13.7 Å². The normalized spacial score (nSPS) is 26.0. The molecule has 0 aromatic heterocycles. The Morgan fingerprint density at radius 3 is 2.36 bits per heavy atom. The van der Waals surface area contributed by atoms with E-state index in [9.17, 15) is 0 Å². The molecule has 3 atom stereocenters. The molecule has 2 aliphatic rings. The minimum absolute atomic E-state index is 0.387. The summed E-state index contributed by atoms with van der Waals surface area (Å²) in [7, 11) is 1.80. The predicted molar refractivity (Wildman–Crippen MR) is 115 cm³/mol. The first-order valence-electron chi connectivity index (χ1n) is 9.95. The van der Waals surface area contributed by atoms with Gasteiger partial charge in [0.15, 0.2) is 0 Å². The summed E-state index contributed by atoms with van der Waals surface area (Å²) in [6.07, 6.45) is 1.34. The molecular formula is C25H25NOSe. The zero-order valence-corrected chi connectivity index (χ0v) is 17.8. The molecule has 0 spiro atoms. The van der Waals surface area contributed by atoms with Crippen LogP contribution in [0.25, 0.3) is 0 Å². The number of fused-ring (bicyclic) bond motifs is 1. The van der Waals surface area contributed by atoms with Crippen LogP contribution < -0.4 is 9.20 Å². The number of benzene rings is 3. The standard InChI is InChI=1S/C25H25NOSe/c1-27-23-15-9-8-14-22(23)24-25(28-21-12-6-3-7-13-21)16-20(25)18-26(24)17-19-10-4-2-5-11-19/h2-15,20,24H,16-18H2,1H3/t20-,24-,25+/m0/s1. The molecule has 0 unspecified atom stereocenters. The molecule has 0 radical (unpaired) electrons. The van der Waals surface area contributed by atoms with E-state index in [0.29, 0.717) is 25.3 Å². The van der Waals surface area contributed by atoms with Crippen LogP contribution in [0.15, 0.2) is 84.9 Å². The second-order valence-electron chi connectivity index (χ2n) is 7.83. The molecule has 0 amide bonds. The van der Waals surface area contributed by atoms with Gasteiger partial charge in [-0.2, -0.15) is 0 Å². The van der Waals surface area contributed by atoms with E-state index in [-0.39, 0.29) is 0 Å². The fourth-order valence-corrected chi connectivity index (χ4v) is 8.24. The van der Waals surface area contributed by atoms with Gasteiger partial charge in [-0.15, -0.1) is 0 Å². The Morgan fingerprint density at radius 2 is 1.61 bits per heavy atom. The van der Waals surface area contributed by atoms with E-state index in [1.807, 2.05) is 0 Å². The van der Waals surface area contributed by atoms with Crippen LogP contribution in [-0.2, 0) is 6.54 Å². The van der Waals surface area contributed by atoms with E-state index in [4.69, 9.17) is 4.74 Å². The maximum absolute atomic E-state index is 5.80. The number of para-hydroxylation sites is 1. The van der Waals surface area contributed by atoms with Crippen LogP contribution in [0, 0.1) is 5.92 Å². The molecule has 1 aliphatic heterocycles. The van der Waals surface area contributed by atoms with Gasteiger partial charge < -0.3 is 0 Å². The number of piperidine rings is 1. The molecule has 3 heteroatoms. The van der Waals surface area contributed by atoms with Crippen molar-refractivity contribution in [1.82, 2.24) is 4.90 Å². The predicted octanol–water partition coefficient (Wildman–Crippen LogP) is 4.46. The number of nitrogens with zero attached hydrogens (tertiary/aromatic N) is 1. The van der Waals surface area contributed by atoms with Crippen molar-refractivity contribution in [2.45, 2.75) is 23.3 Å². The second kappa shape index (κ2) is 7.40. The third-order valence-electron chi connectivity index (χ3n) is 6.09. The Labute approximate surface area is 173 Å². The fourth-order valence-electron chi connectivity index (χ4n) is 4.79. The van der Waals surface area contributed by atoms with E-state index in [1.165, 1.54) is 28.6 Å². The van der Waals surface area contributed by atoms with Crippen molar-refractivity contribution in [3.05, 3.63) is 96.1 Å². The van der Waals surface area contributed by atoms with Crippen molar-refractivity contribution < 1.29 is 4.74 Å². The van der Waals surface area contributed by atoms with Crippen LogP contribution >= 0.6 is 0 Å². The maximum atomic E-state index is 5.80. The molecule has 28 heavy (non-hydrogen) atoms. The van der Waals surface area contributed by atoms with E-state index in [2.05, 4.69) is 89.8 Å². The summed E-state index contributed by atoms with van der Waals surface area (Å²) in [5, 5.41) is 0. The summed E-state index contributed by atoms with van der Waals surface area (Å²) in [6.45, 7) is 2.19. The van der Waals surface area contributed by atoms with E-state index >= 15 is 0 Å². The summed E-state index contributed by atoms with van der Waals surface area (Å²) in [4.78, 5) is 2.70. The van der Waals surface area contributed by atoms with Crippen molar-refractivity contribution in [3.8, 4) is 5.75 Å². The monoisotopic (exact) mass is 435 g/mol. The Morgan fingerprint density at radius 1 is 0.929 bits per heavy atom. The zero-order chi connectivity index (χ0) is 19.0. The topological polar surface area (TPSA) is 12.5 Å². The van der Waals surface area contributed by atoms with Gasteiger partial charge in [-0.25, -0.2) is 0 Å². The summed E-state index contributed by atoms with van der Waals surface area (Å²) in [5.41, 5.74) is 2.75. The first-order valence-corrected chi connectivity index (χ1v) is 11.7. The van der Waals surface area contributed by atoms with Gasteiger partial charge in [0.1, 0.15) is 0 Å². The summed E-state index contributed by atoms with van der Waals surface area (Å²) in [6, 6.07) is 31.1. The van der Waals surface area contributed by atoms with Gasteiger partial charge in [0.25, 0.3) is 0 Å². The third kappa shape index (κ3) is 3.18. The molecule has 2 fully saturated rings. The molecule has 142 valence electrons. The molecule has 1 heterocycles. The van der Waals surface area contributed by atoms with Gasteiger partial charge in [-0.1, -0.05) is 0 Å². The van der Waals surface area contributed by atoms with Gasteiger partial charge in [0.2, 0.25) is 0 Å². The zero-order valence-electron chi connectivity index (χ0n) is 16.1. The molecule has 0 bridgehead atoms. The van der Waals surface area contributed by atoms with Gasteiger partial charge >= 0.3 is 174 Å². The number of rotatable bonds is 6. The first kappa shape index (κ1) is 18.0. The Bertz CT molecular complexity index is 945. The molecule has 5 rings (SSSR count). The van der Waals surface area contributed by atoms with Crippen LogP contribution in [0.5, 0.6) is 5.75 Å². The average Bonchev–Trinajstić information content (AvgIpc) is 3.33. The summed E-state index contributed by atoms with van der Waals surface area (Å²) in [5.74, 6) is 1.83. The average molecular weight is 434 g/mol. The molecule has 1 saturated carbocycles. The fraction of sp³-hybridized carbons (Fsp3) is 0.280. The van der Waals surface area contributed by atoms with E-state index < -0.39 is 0 Å². The molecule has 3 aromatic carbocycles. The number of likely N-dealkylation sites (tertiary alicyclic amines) is 1. The minimum atomic E-state index is 0.387. The van der Waals surface area contributed by atoms with Gasteiger partial charge in [0.05, 0.1) is 0 Å². The number of ether oxygens (including phenoxy) is 1. The molecule has 1 saturated heterocycles. The molecule has 0 N–H and O–H groups in total. The van der Waals surface area contributed by atoms with Crippen LogP contribution in [0.3, 0.4) is 0 Å². The Hall–Kier alpha value is -2.06. The van der Waals surface area contributed by atoms with E-state index in [1.54, 1.807) is 7.11 Å². The van der Waals surface area contributed by atoms with Crippen LogP contribution in [0.2, 0.25) is 4.31 Å². The Kier molecular flexibility index (Phi) is 4.76. The van der Waals surface area contributed by atoms with Gasteiger partial charge in [-0.05, 0) is 0 Å². The number of hydrogen-bond donors (Lipinski definition) is 0. The number of hydrogen-bond acceptors (Lipinski definition) is 2. The van der Waals surface area contributed by atoms with Gasteiger partial charge in [0, 0.05) is 0 Å². The van der Waals surface area contributed by atoms with Crippen molar-refractivity contribution in [3.63, 3.8) is 0 Å². The Balaban J connectivity index is 1.52. The van der Waals surface area contributed by atoms with Crippen molar-refractivity contribution in [2.24, 2.45) is 5.92 Å².